The molecule has 1 N–H and O–H groups in total. The highest BCUT2D eigenvalue weighted by atomic mass is 32.1. The van der Waals surface area contributed by atoms with Gasteiger partial charge in [-0.15, -0.1) is 11.3 Å². The van der Waals surface area contributed by atoms with Crippen LogP contribution in [0.15, 0.2) is 10.9 Å². The lowest BCUT2D eigenvalue weighted by Gasteiger charge is -2.44. The van der Waals surface area contributed by atoms with E-state index in [2.05, 4.69) is 10.3 Å². The summed E-state index contributed by atoms with van der Waals surface area (Å²) in [5.41, 5.74) is 1.99. The molecule has 1 aromatic heterocycles. The van der Waals surface area contributed by atoms with E-state index in [1.54, 1.807) is 28.7 Å². The van der Waals surface area contributed by atoms with Crippen LogP contribution in [0.1, 0.15) is 39.3 Å². The van der Waals surface area contributed by atoms with Crippen molar-refractivity contribution in [1.29, 1.82) is 0 Å². The van der Waals surface area contributed by atoms with Gasteiger partial charge in [-0.2, -0.15) is 0 Å². The zero-order valence-corrected chi connectivity index (χ0v) is 13.0. The topological polar surface area (TPSA) is 62.3 Å². The Morgan fingerprint density at radius 1 is 1.45 bits per heavy atom. The van der Waals surface area contributed by atoms with E-state index in [9.17, 15) is 9.59 Å². The van der Waals surface area contributed by atoms with Crippen molar-refractivity contribution in [3.63, 3.8) is 0 Å². The van der Waals surface area contributed by atoms with Gasteiger partial charge in [0.1, 0.15) is 11.6 Å². The van der Waals surface area contributed by atoms with Crippen LogP contribution in [0.5, 0.6) is 0 Å². The fourth-order valence-corrected chi connectivity index (χ4v) is 3.10. The lowest BCUT2D eigenvalue weighted by atomic mass is 9.91. The van der Waals surface area contributed by atoms with Crippen molar-refractivity contribution < 1.29 is 9.59 Å². The van der Waals surface area contributed by atoms with Crippen molar-refractivity contribution in [2.75, 3.05) is 6.54 Å². The van der Waals surface area contributed by atoms with E-state index in [1.807, 2.05) is 19.2 Å². The summed E-state index contributed by atoms with van der Waals surface area (Å²) in [5.74, 6) is -0.0311. The van der Waals surface area contributed by atoms with Gasteiger partial charge in [0.05, 0.1) is 11.2 Å². The third-order valence-corrected chi connectivity index (χ3v) is 4.63. The Labute approximate surface area is 123 Å². The lowest BCUT2D eigenvalue weighted by molar-refractivity contribution is -0.154. The molecule has 0 aliphatic carbocycles. The maximum absolute atomic E-state index is 12.6. The van der Waals surface area contributed by atoms with Crippen molar-refractivity contribution in [2.45, 2.75) is 51.6 Å². The Morgan fingerprint density at radius 2 is 2.20 bits per heavy atom. The lowest BCUT2D eigenvalue weighted by Crippen LogP contribution is -2.69. The second kappa shape index (κ2) is 5.91. The van der Waals surface area contributed by atoms with Gasteiger partial charge in [-0.05, 0) is 19.8 Å². The molecule has 6 heteroatoms. The summed E-state index contributed by atoms with van der Waals surface area (Å²) < 4.78 is 0. The molecule has 0 saturated carbocycles. The van der Waals surface area contributed by atoms with Crippen LogP contribution in [0.4, 0.5) is 0 Å². The zero-order valence-electron chi connectivity index (χ0n) is 12.2. The number of aromatic nitrogens is 1. The Morgan fingerprint density at radius 3 is 2.75 bits per heavy atom. The van der Waals surface area contributed by atoms with Gasteiger partial charge in [-0.3, -0.25) is 9.59 Å². The molecule has 0 radical (unpaired) electrons. The zero-order chi connectivity index (χ0) is 14.8. The quantitative estimate of drug-likeness (QED) is 0.897. The summed E-state index contributed by atoms with van der Waals surface area (Å²) in [6.07, 6.45) is 1.93. The van der Waals surface area contributed by atoms with Crippen LogP contribution in [0.25, 0.3) is 0 Å². The van der Waals surface area contributed by atoms with Crippen LogP contribution in [-0.2, 0) is 16.0 Å². The van der Waals surface area contributed by atoms with Crippen molar-refractivity contribution in [3.05, 3.63) is 16.6 Å². The van der Waals surface area contributed by atoms with Gasteiger partial charge in [-0.1, -0.05) is 13.8 Å². The van der Waals surface area contributed by atoms with Crippen molar-refractivity contribution in [3.8, 4) is 0 Å². The standard InChI is InChI=1S/C14H21N3O2S/c1-4-11-12(18)16-14(3,5-2)13(19)17(11)7-6-10-8-20-9-15-10/h8-9,11H,4-7H2,1-3H3,(H,16,18). The predicted octanol–water partition coefficient (Wildman–Crippen LogP) is 1.59. The molecule has 0 spiro atoms. The smallest absolute Gasteiger partial charge is 0.248 e. The number of nitrogens with zero attached hydrogens (tertiary/aromatic N) is 2. The normalized spacial score (nSPS) is 26.8. The number of carbonyl (C=O) groups excluding carboxylic acids is 2. The molecule has 0 aromatic carbocycles. The van der Waals surface area contributed by atoms with Crippen LogP contribution in [0, 0.1) is 0 Å². The first kappa shape index (κ1) is 15.0. The Bertz CT molecular complexity index is 489. The minimum Gasteiger partial charge on any atom is -0.340 e. The third-order valence-electron chi connectivity index (χ3n) is 4.00. The van der Waals surface area contributed by atoms with E-state index in [1.165, 1.54) is 0 Å². The van der Waals surface area contributed by atoms with Gasteiger partial charge < -0.3 is 10.2 Å². The second-order valence-corrected chi connectivity index (χ2v) is 6.05. The highest BCUT2D eigenvalue weighted by Gasteiger charge is 2.45. The molecular formula is C14H21N3O2S. The Kier molecular flexibility index (Phi) is 4.42. The SMILES string of the molecule is CCC1C(=O)NC(C)(CC)C(=O)N1CCc1cscn1. The first-order valence-corrected chi connectivity index (χ1v) is 7.96. The van der Waals surface area contributed by atoms with Gasteiger partial charge >= 0.3 is 0 Å². The summed E-state index contributed by atoms with van der Waals surface area (Å²) in [4.78, 5) is 30.8. The summed E-state index contributed by atoms with van der Waals surface area (Å²) in [6.45, 7) is 6.20. The molecular weight excluding hydrogens is 274 g/mol. The molecule has 1 fully saturated rings. The van der Waals surface area contributed by atoms with Crippen LogP contribution in [0.2, 0.25) is 0 Å². The molecule has 1 aliphatic rings. The third kappa shape index (κ3) is 2.70. The van der Waals surface area contributed by atoms with E-state index in [0.29, 0.717) is 25.8 Å². The monoisotopic (exact) mass is 295 g/mol. The Hall–Kier alpha value is -1.43. The van der Waals surface area contributed by atoms with Gasteiger partial charge in [0.15, 0.2) is 0 Å². The number of thiazole rings is 1. The van der Waals surface area contributed by atoms with Gasteiger partial charge in [0, 0.05) is 18.3 Å². The number of carbonyl (C=O) groups is 2. The highest BCUT2D eigenvalue weighted by Crippen LogP contribution is 2.23. The van der Waals surface area contributed by atoms with Crippen molar-refractivity contribution >= 4 is 23.2 Å². The number of piperazine rings is 1. The molecule has 2 unspecified atom stereocenters. The highest BCUT2D eigenvalue weighted by molar-refractivity contribution is 7.07. The van der Waals surface area contributed by atoms with Crippen molar-refractivity contribution in [1.82, 2.24) is 15.2 Å². The average Bonchev–Trinajstić information content (AvgIpc) is 2.94. The molecule has 0 bridgehead atoms. The molecule has 20 heavy (non-hydrogen) atoms. The summed E-state index contributed by atoms with van der Waals surface area (Å²) >= 11 is 1.54. The minimum atomic E-state index is -0.773. The number of amides is 2. The molecule has 110 valence electrons. The molecule has 1 aliphatic heterocycles. The van der Waals surface area contributed by atoms with E-state index < -0.39 is 5.54 Å². The summed E-state index contributed by atoms with van der Waals surface area (Å²) in [6, 6.07) is -0.360. The summed E-state index contributed by atoms with van der Waals surface area (Å²) in [7, 11) is 0. The van der Waals surface area contributed by atoms with Crippen LogP contribution in [-0.4, -0.2) is 39.8 Å². The first-order chi connectivity index (χ1) is 9.51. The fourth-order valence-electron chi connectivity index (χ4n) is 2.51. The molecule has 2 atom stereocenters. The Balaban J connectivity index is 2.16. The van der Waals surface area contributed by atoms with E-state index in [4.69, 9.17) is 0 Å². The van der Waals surface area contributed by atoms with E-state index >= 15 is 0 Å². The summed E-state index contributed by atoms with van der Waals surface area (Å²) in [5, 5.41) is 4.85. The number of rotatable bonds is 5. The van der Waals surface area contributed by atoms with E-state index in [-0.39, 0.29) is 17.9 Å². The van der Waals surface area contributed by atoms with Gasteiger partial charge in [0.2, 0.25) is 11.8 Å². The average molecular weight is 295 g/mol. The first-order valence-electron chi connectivity index (χ1n) is 7.02. The maximum atomic E-state index is 12.6. The molecule has 2 amide bonds. The predicted molar refractivity (Wildman–Crippen MR) is 78.4 cm³/mol. The largest absolute Gasteiger partial charge is 0.340 e. The number of nitrogens with one attached hydrogen (secondary N) is 1. The van der Waals surface area contributed by atoms with Crippen LogP contribution < -0.4 is 5.32 Å². The van der Waals surface area contributed by atoms with Gasteiger partial charge in [-0.25, -0.2) is 4.98 Å². The van der Waals surface area contributed by atoms with Crippen LogP contribution >= 0.6 is 11.3 Å². The minimum absolute atomic E-state index is 0.0154. The molecule has 5 nitrogen and oxygen atoms in total. The van der Waals surface area contributed by atoms with Crippen molar-refractivity contribution in [2.24, 2.45) is 0 Å². The van der Waals surface area contributed by atoms with Crippen LogP contribution in [0.3, 0.4) is 0 Å². The molecule has 1 aromatic rings. The second-order valence-electron chi connectivity index (χ2n) is 5.33. The fraction of sp³-hybridized carbons (Fsp3) is 0.643. The molecule has 1 saturated heterocycles. The number of hydrogen-bond donors (Lipinski definition) is 1. The maximum Gasteiger partial charge on any atom is 0.248 e. The van der Waals surface area contributed by atoms with Gasteiger partial charge in [0.25, 0.3) is 0 Å². The van der Waals surface area contributed by atoms with E-state index in [0.717, 1.165) is 5.69 Å². The molecule has 2 rings (SSSR count). The molecule has 2 heterocycles. The number of hydrogen-bond acceptors (Lipinski definition) is 4.